The van der Waals surface area contributed by atoms with Crippen molar-refractivity contribution in [3.63, 3.8) is 0 Å². The zero-order valence-corrected chi connectivity index (χ0v) is 13.9. The van der Waals surface area contributed by atoms with E-state index in [4.69, 9.17) is 4.74 Å². The molecule has 1 amide bonds. The van der Waals surface area contributed by atoms with E-state index in [9.17, 15) is 4.79 Å². The molecule has 6 nitrogen and oxygen atoms in total. The van der Waals surface area contributed by atoms with Gasteiger partial charge in [0.05, 0.1) is 6.20 Å². The molecule has 0 aromatic carbocycles. The van der Waals surface area contributed by atoms with Crippen LogP contribution in [0.15, 0.2) is 12.4 Å². The average molecular weight is 306 g/mol. The third-order valence-corrected chi connectivity index (χ3v) is 4.62. The van der Waals surface area contributed by atoms with E-state index in [0.717, 1.165) is 32.6 Å². The summed E-state index contributed by atoms with van der Waals surface area (Å²) in [5, 5.41) is 7.87. The number of aryl methyl sites for hydroxylation is 1. The fourth-order valence-electron chi connectivity index (χ4n) is 3.42. The number of nitrogens with zero attached hydrogens (tertiary/aromatic N) is 3. The Kier molecular flexibility index (Phi) is 3.67. The van der Waals surface area contributed by atoms with E-state index in [-0.39, 0.29) is 11.5 Å². The molecule has 22 heavy (non-hydrogen) atoms. The van der Waals surface area contributed by atoms with Crippen LogP contribution in [0.25, 0.3) is 0 Å². The minimum atomic E-state index is -0.438. The lowest BCUT2D eigenvalue weighted by atomic mass is 9.70. The van der Waals surface area contributed by atoms with Crippen LogP contribution in [0.1, 0.15) is 45.7 Å². The van der Waals surface area contributed by atoms with Gasteiger partial charge in [-0.25, -0.2) is 4.79 Å². The predicted molar refractivity (Wildman–Crippen MR) is 83.5 cm³/mol. The number of rotatable bonds is 2. The third-order valence-electron chi connectivity index (χ3n) is 4.62. The monoisotopic (exact) mass is 306 g/mol. The predicted octanol–water partition coefficient (Wildman–Crippen LogP) is 2.17. The minimum Gasteiger partial charge on any atom is -0.444 e. The lowest BCUT2D eigenvalue weighted by Crippen LogP contribution is -2.57. The normalized spacial score (nSPS) is 28.0. The molecule has 3 heterocycles. The molecule has 1 spiro atoms. The zero-order chi connectivity index (χ0) is 16.0. The summed E-state index contributed by atoms with van der Waals surface area (Å²) >= 11 is 0. The maximum absolute atomic E-state index is 12.2. The fourth-order valence-corrected chi connectivity index (χ4v) is 3.42. The molecule has 0 saturated carbocycles. The standard InChI is InChI=1S/C16H26N4O2/c1-5-20-9-12(8-18-20)13-16(10-17-13)6-7-19(11-16)14(21)22-15(2,3)4/h8-9,13,17H,5-7,10-11H2,1-4H3. The van der Waals surface area contributed by atoms with E-state index >= 15 is 0 Å². The molecule has 2 atom stereocenters. The summed E-state index contributed by atoms with van der Waals surface area (Å²) < 4.78 is 7.44. The van der Waals surface area contributed by atoms with Crippen molar-refractivity contribution in [3.8, 4) is 0 Å². The summed E-state index contributed by atoms with van der Waals surface area (Å²) in [4.78, 5) is 14.1. The van der Waals surface area contributed by atoms with Gasteiger partial charge >= 0.3 is 6.09 Å². The highest BCUT2D eigenvalue weighted by molar-refractivity contribution is 5.68. The topological polar surface area (TPSA) is 59.4 Å². The van der Waals surface area contributed by atoms with Crippen molar-refractivity contribution in [1.82, 2.24) is 20.0 Å². The molecule has 1 aromatic rings. The molecule has 122 valence electrons. The quantitative estimate of drug-likeness (QED) is 0.910. The van der Waals surface area contributed by atoms with Crippen molar-refractivity contribution in [2.24, 2.45) is 5.41 Å². The van der Waals surface area contributed by atoms with Crippen molar-refractivity contribution in [2.45, 2.75) is 52.3 Å². The number of carbonyl (C=O) groups excluding carboxylic acids is 1. The number of nitrogens with one attached hydrogen (secondary N) is 1. The molecule has 2 unspecified atom stereocenters. The zero-order valence-electron chi connectivity index (χ0n) is 13.9. The van der Waals surface area contributed by atoms with Crippen molar-refractivity contribution < 1.29 is 9.53 Å². The Bertz CT molecular complexity index is 563. The molecule has 0 radical (unpaired) electrons. The SMILES string of the molecule is CCn1cc(C2NCC23CCN(C(=O)OC(C)(C)C)C3)cn1. The Morgan fingerprint density at radius 2 is 2.32 bits per heavy atom. The van der Waals surface area contributed by atoms with Gasteiger partial charge in [0, 0.05) is 49.4 Å². The van der Waals surface area contributed by atoms with Crippen LogP contribution in [-0.2, 0) is 11.3 Å². The van der Waals surface area contributed by atoms with Gasteiger partial charge in [-0.1, -0.05) is 0 Å². The second-order valence-electron chi connectivity index (χ2n) is 7.46. The molecule has 1 aromatic heterocycles. The first-order chi connectivity index (χ1) is 10.3. The van der Waals surface area contributed by atoms with Gasteiger partial charge in [0.25, 0.3) is 0 Å². The maximum atomic E-state index is 12.2. The molecule has 6 heteroatoms. The van der Waals surface area contributed by atoms with Gasteiger partial charge in [0.15, 0.2) is 0 Å². The van der Waals surface area contributed by atoms with Crippen LogP contribution in [0.5, 0.6) is 0 Å². The van der Waals surface area contributed by atoms with Crippen molar-refractivity contribution >= 4 is 6.09 Å². The summed E-state index contributed by atoms with van der Waals surface area (Å²) in [5.41, 5.74) is 0.921. The smallest absolute Gasteiger partial charge is 0.410 e. The van der Waals surface area contributed by atoms with Crippen LogP contribution >= 0.6 is 0 Å². The summed E-state index contributed by atoms with van der Waals surface area (Å²) in [6.07, 6.45) is 4.87. The molecular formula is C16H26N4O2. The van der Waals surface area contributed by atoms with Gasteiger partial charge in [-0.3, -0.25) is 4.68 Å². The van der Waals surface area contributed by atoms with Gasteiger partial charge < -0.3 is 15.0 Å². The Hall–Kier alpha value is -1.56. The lowest BCUT2D eigenvalue weighted by molar-refractivity contribution is 0.0216. The van der Waals surface area contributed by atoms with E-state index in [2.05, 4.69) is 23.5 Å². The third kappa shape index (κ3) is 2.72. The molecule has 3 rings (SSSR count). The Labute approximate surface area is 131 Å². The van der Waals surface area contributed by atoms with Gasteiger partial charge in [-0.05, 0) is 34.1 Å². The van der Waals surface area contributed by atoms with Crippen LogP contribution in [0.3, 0.4) is 0 Å². The molecule has 2 aliphatic heterocycles. The maximum Gasteiger partial charge on any atom is 0.410 e. The number of hydrogen-bond acceptors (Lipinski definition) is 4. The van der Waals surface area contributed by atoms with E-state index in [0.29, 0.717) is 6.04 Å². The first-order valence-electron chi connectivity index (χ1n) is 8.07. The Morgan fingerprint density at radius 1 is 1.55 bits per heavy atom. The van der Waals surface area contributed by atoms with Gasteiger partial charge in [-0.2, -0.15) is 5.10 Å². The number of amides is 1. The number of ether oxygens (including phenoxy) is 1. The number of likely N-dealkylation sites (tertiary alicyclic amines) is 1. The number of hydrogen-bond donors (Lipinski definition) is 1. The highest BCUT2D eigenvalue weighted by atomic mass is 16.6. The van der Waals surface area contributed by atoms with Gasteiger partial charge in [0.2, 0.25) is 0 Å². The van der Waals surface area contributed by atoms with Crippen molar-refractivity contribution in [3.05, 3.63) is 18.0 Å². The second kappa shape index (κ2) is 5.26. The van der Waals surface area contributed by atoms with Gasteiger partial charge in [-0.15, -0.1) is 0 Å². The lowest BCUT2D eigenvalue weighted by Gasteiger charge is -2.47. The van der Waals surface area contributed by atoms with Gasteiger partial charge in [0.1, 0.15) is 5.60 Å². The molecule has 2 aliphatic rings. The Balaban J connectivity index is 1.67. The second-order valence-corrected chi connectivity index (χ2v) is 7.46. The van der Waals surface area contributed by atoms with Crippen molar-refractivity contribution in [1.29, 1.82) is 0 Å². The molecule has 2 fully saturated rings. The first-order valence-corrected chi connectivity index (χ1v) is 8.07. The molecule has 0 aliphatic carbocycles. The number of carbonyl (C=O) groups is 1. The van der Waals surface area contributed by atoms with E-state index in [1.807, 2.05) is 36.5 Å². The largest absolute Gasteiger partial charge is 0.444 e. The first kappa shape index (κ1) is 15.3. The van der Waals surface area contributed by atoms with E-state index in [1.165, 1.54) is 5.56 Å². The molecule has 1 N–H and O–H groups in total. The highest BCUT2D eigenvalue weighted by Gasteiger charge is 2.53. The van der Waals surface area contributed by atoms with Crippen LogP contribution in [-0.4, -0.2) is 46.0 Å². The summed E-state index contributed by atoms with van der Waals surface area (Å²) in [5.74, 6) is 0. The fraction of sp³-hybridized carbons (Fsp3) is 0.750. The highest BCUT2D eigenvalue weighted by Crippen LogP contribution is 2.47. The van der Waals surface area contributed by atoms with E-state index < -0.39 is 5.60 Å². The summed E-state index contributed by atoms with van der Waals surface area (Å²) in [6.45, 7) is 11.2. The Morgan fingerprint density at radius 3 is 2.86 bits per heavy atom. The van der Waals surface area contributed by atoms with Crippen LogP contribution in [0.2, 0.25) is 0 Å². The van der Waals surface area contributed by atoms with Crippen LogP contribution < -0.4 is 5.32 Å². The molecule has 0 bridgehead atoms. The summed E-state index contributed by atoms with van der Waals surface area (Å²) in [7, 11) is 0. The van der Waals surface area contributed by atoms with E-state index in [1.54, 1.807) is 0 Å². The molecule has 2 saturated heterocycles. The summed E-state index contributed by atoms with van der Waals surface area (Å²) in [6, 6.07) is 0.292. The minimum absolute atomic E-state index is 0.137. The van der Waals surface area contributed by atoms with Crippen LogP contribution in [0.4, 0.5) is 4.79 Å². The number of aromatic nitrogens is 2. The molecular weight excluding hydrogens is 280 g/mol. The van der Waals surface area contributed by atoms with Crippen LogP contribution in [0, 0.1) is 5.41 Å². The van der Waals surface area contributed by atoms with Crippen molar-refractivity contribution in [2.75, 3.05) is 19.6 Å². The average Bonchev–Trinajstić information content (AvgIpc) is 3.03.